The first-order chi connectivity index (χ1) is 19.6. The Morgan fingerprint density at radius 3 is 2.42 bits per heavy atom. The van der Waals surface area contributed by atoms with Crippen molar-refractivity contribution in [3.8, 4) is 22.7 Å². The number of nitrogens with zero attached hydrogens (tertiary/aromatic N) is 6. The molecule has 1 aliphatic heterocycles. The number of aromatic nitrogens is 5. The average Bonchev–Trinajstić information content (AvgIpc) is 3.76. The van der Waals surface area contributed by atoms with Gasteiger partial charge in [0.15, 0.2) is 5.78 Å². The average molecular weight is 527 g/mol. The molecule has 1 aliphatic carbocycles. The predicted molar refractivity (Wildman–Crippen MR) is 150 cm³/mol. The standard InChI is InChI=1S/C32H26N6O2/c1-19-13-25(23-17-34-31(35-18-23)21-11-12-21)30(33-16-19)32-38-37-28(40-32)15-26-27(39)14-22-9-5-6-10-24(22)29(36-26)20-7-3-2-4-8-20/h2-10,13,16-18,21,26H,11-12,14-15H2,1H3/t26-/m1/s1. The SMILES string of the molecule is Cc1cnc(-c2nnc(C[C@H]3N=C(c4ccccc4)c4ccccc4CC3=O)o2)c(-c2cnc(C3CC3)nc2)c1. The van der Waals surface area contributed by atoms with E-state index in [2.05, 4.69) is 25.1 Å². The zero-order valence-corrected chi connectivity index (χ0v) is 22.0. The van der Waals surface area contributed by atoms with E-state index in [9.17, 15) is 4.79 Å². The number of hydrogen-bond donors (Lipinski definition) is 0. The van der Waals surface area contributed by atoms with Crippen LogP contribution in [0, 0.1) is 6.92 Å². The third-order valence-corrected chi connectivity index (χ3v) is 7.33. The van der Waals surface area contributed by atoms with Gasteiger partial charge in [-0.3, -0.25) is 14.8 Å². The lowest BCUT2D eigenvalue weighted by Gasteiger charge is -2.10. The maximum Gasteiger partial charge on any atom is 0.266 e. The summed E-state index contributed by atoms with van der Waals surface area (Å²) >= 11 is 0. The largest absolute Gasteiger partial charge is 0.419 e. The van der Waals surface area contributed by atoms with Crippen LogP contribution in [0.5, 0.6) is 0 Å². The minimum absolute atomic E-state index is 0.0141. The molecule has 0 saturated heterocycles. The number of pyridine rings is 1. The van der Waals surface area contributed by atoms with E-state index in [4.69, 9.17) is 9.41 Å². The van der Waals surface area contributed by atoms with Crippen molar-refractivity contribution < 1.29 is 9.21 Å². The van der Waals surface area contributed by atoms with E-state index < -0.39 is 6.04 Å². The lowest BCUT2D eigenvalue weighted by atomic mass is 9.95. The van der Waals surface area contributed by atoms with E-state index in [0.29, 0.717) is 23.9 Å². The Balaban J connectivity index is 1.21. The molecule has 7 rings (SSSR count). The summed E-state index contributed by atoms with van der Waals surface area (Å²) in [7, 11) is 0. The van der Waals surface area contributed by atoms with Crippen molar-refractivity contribution in [2.75, 3.05) is 0 Å². The van der Waals surface area contributed by atoms with Gasteiger partial charge in [0.05, 0.1) is 12.1 Å². The number of ketones is 1. The fraction of sp³-hybridized carbons (Fsp3) is 0.219. The predicted octanol–water partition coefficient (Wildman–Crippen LogP) is 5.35. The molecule has 2 aromatic carbocycles. The third kappa shape index (κ3) is 4.73. The lowest BCUT2D eigenvalue weighted by Crippen LogP contribution is -2.23. The van der Waals surface area contributed by atoms with E-state index in [-0.39, 0.29) is 18.1 Å². The molecule has 1 fully saturated rings. The summed E-state index contributed by atoms with van der Waals surface area (Å²) in [6.45, 7) is 1.98. The molecule has 8 heteroatoms. The number of carbonyl (C=O) groups excluding carboxylic acids is 1. The molecule has 0 amide bonds. The molecule has 3 aromatic heterocycles. The van der Waals surface area contributed by atoms with Gasteiger partial charge in [0.2, 0.25) is 5.89 Å². The van der Waals surface area contributed by atoms with Gasteiger partial charge in [-0.25, -0.2) is 9.97 Å². The Kier molecular flexibility index (Phi) is 6.07. The highest BCUT2D eigenvalue weighted by atomic mass is 16.4. The zero-order chi connectivity index (χ0) is 27.1. The molecule has 2 aliphatic rings. The summed E-state index contributed by atoms with van der Waals surface area (Å²) in [6.07, 6.45) is 8.23. The Labute approximate surface area is 231 Å². The highest BCUT2D eigenvalue weighted by Crippen LogP contribution is 2.38. The van der Waals surface area contributed by atoms with Gasteiger partial charge in [-0.05, 0) is 37.0 Å². The van der Waals surface area contributed by atoms with Crippen molar-refractivity contribution in [2.45, 2.75) is 44.6 Å². The van der Waals surface area contributed by atoms with Gasteiger partial charge in [-0.2, -0.15) is 0 Å². The first-order valence-corrected chi connectivity index (χ1v) is 13.5. The molecule has 5 aromatic rings. The second-order valence-electron chi connectivity index (χ2n) is 10.4. The molecule has 0 unspecified atom stereocenters. The molecule has 0 spiro atoms. The number of aryl methyl sites for hydroxylation is 1. The van der Waals surface area contributed by atoms with Gasteiger partial charge in [0.1, 0.15) is 17.6 Å². The van der Waals surface area contributed by atoms with Crippen LogP contribution < -0.4 is 0 Å². The number of carbonyl (C=O) groups is 1. The van der Waals surface area contributed by atoms with Crippen molar-refractivity contribution in [3.05, 3.63) is 113 Å². The van der Waals surface area contributed by atoms with E-state index in [1.54, 1.807) is 6.20 Å². The molecule has 40 heavy (non-hydrogen) atoms. The minimum atomic E-state index is -0.648. The minimum Gasteiger partial charge on any atom is -0.419 e. The second-order valence-corrected chi connectivity index (χ2v) is 10.4. The van der Waals surface area contributed by atoms with Crippen LogP contribution >= 0.6 is 0 Å². The van der Waals surface area contributed by atoms with Gasteiger partial charge >= 0.3 is 0 Å². The summed E-state index contributed by atoms with van der Waals surface area (Å²) in [5.74, 6) is 2.00. The quantitative estimate of drug-likeness (QED) is 0.294. The molecule has 0 N–H and O–H groups in total. The molecule has 1 saturated carbocycles. The van der Waals surface area contributed by atoms with Crippen LogP contribution in [0.25, 0.3) is 22.7 Å². The number of rotatable bonds is 6. The Morgan fingerprint density at radius 1 is 0.850 bits per heavy atom. The van der Waals surface area contributed by atoms with Gasteiger partial charge in [0.25, 0.3) is 5.89 Å². The van der Waals surface area contributed by atoms with Gasteiger partial charge in [0, 0.05) is 53.2 Å². The molecule has 0 bridgehead atoms. The third-order valence-electron chi connectivity index (χ3n) is 7.33. The summed E-state index contributed by atoms with van der Waals surface area (Å²) in [4.78, 5) is 32.1. The maximum absolute atomic E-state index is 13.4. The second kappa shape index (κ2) is 10.0. The van der Waals surface area contributed by atoms with Crippen molar-refractivity contribution in [3.63, 3.8) is 0 Å². The Hall–Kier alpha value is -4.85. The van der Waals surface area contributed by atoms with Crippen LogP contribution in [0.4, 0.5) is 0 Å². The van der Waals surface area contributed by atoms with Gasteiger partial charge < -0.3 is 4.42 Å². The van der Waals surface area contributed by atoms with Crippen molar-refractivity contribution in [2.24, 2.45) is 4.99 Å². The molecule has 1 atom stereocenters. The summed E-state index contributed by atoms with van der Waals surface area (Å²) in [5.41, 5.74) is 6.91. The number of hydrogen-bond acceptors (Lipinski definition) is 8. The van der Waals surface area contributed by atoms with Gasteiger partial charge in [-0.15, -0.1) is 10.2 Å². The monoisotopic (exact) mass is 526 g/mol. The number of fused-ring (bicyclic) bond motifs is 1. The van der Waals surface area contributed by atoms with Crippen LogP contribution in [0.1, 0.15) is 52.7 Å². The fourth-order valence-electron chi connectivity index (χ4n) is 5.08. The van der Waals surface area contributed by atoms with E-state index in [0.717, 1.165) is 57.8 Å². The first-order valence-electron chi connectivity index (χ1n) is 13.5. The van der Waals surface area contributed by atoms with Crippen LogP contribution in [0.2, 0.25) is 0 Å². The van der Waals surface area contributed by atoms with Crippen LogP contribution in [0.15, 0.2) is 88.7 Å². The van der Waals surface area contributed by atoms with Crippen molar-refractivity contribution in [1.82, 2.24) is 25.1 Å². The van der Waals surface area contributed by atoms with E-state index in [1.807, 2.05) is 80.0 Å². The molecular formula is C32H26N6O2. The molecular weight excluding hydrogens is 500 g/mol. The van der Waals surface area contributed by atoms with Gasteiger partial charge in [-0.1, -0.05) is 54.6 Å². The molecule has 4 heterocycles. The summed E-state index contributed by atoms with van der Waals surface area (Å²) in [6, 6.07) is 19.3. The maximum atomic E-state index is 13.4. The Bertz CT molecular complexity index is 1740. The Morgan fingerprint density at radius 2 is 1.62 bits per heavy atom. The summed E-state index contributed by atoms with van der Waals surface area (Å²) in [5, 5.41) is 8.60. The number of aliphatic imine (C=N–C) groups is 1. The van der Waals surface area contributed by atoms with E-state index in [1.165, 1.54) is 0 Å². The molecule has 0 radical (unpaired) electrons. The first kappa shape index (κ1) is 24.2. The number of Topliss-reactive ketones (excluding diaryl/α,β-unsaturated/α-hetero) is 1. The highest BCUT2D eigenvalue weighted by molar-refractivity contribution is 6.16. The fourth-order valence-corrected chi connectivity index (χ4v) is 5.08. The van der Waals surface area contributed by atoms with Crippen molar-refractivity contribution in [1.29, 1.82) is 0 Å². The van der Waals surface area contributed by atoms with Crippen LogP contribution in [0.3, 0.4) is 0 Å². The zero-order valence-electron chi connectivity index (χ0n) is 22.0. The molecule has 196 valence electrons. The van der Waals surface area contributed by atoms with Crippen molar-refractivity contribution >= 4 is 11.5 Å². The lowest BCUT2D eigenvalue weighted by molar-refractivity contribution is -0.119. The van der Waals surface area contributed by atoms with Crippen LogP contribution in [-0.4, -0.2) is 42.7 Å². The summed E-state index contributed by atoms with van der Waals surface area (Å²) < 4.78 is 6.11. The highest BCUT2D eigenvalue weighted by Gasteiger charge is 2.29. The smallest absolute Gasteiger partial charge is 0.266 e. The topological polar surface area (TPSA) is 107 Å². The molecule has 8 nitrogen and oxygen atoms in total. The van der Waals surface area contributed by atoms with E-state index >= 15 is 0 Å². The normalized spacial score (nSPS) is 16.8. The van der Waals surface area contributed by atoms with Crippen LogP contribution in [-0.2, 0) is 17.6 Å². The number of benzene rings is 2.